The second-order valence-corrected chi connectivity index (χ2v) is 9.48. The van der Waals surface area contributed by atoms with Crippen molar-refractivity contribution in [2.75, 3.05) is 52.6 Å². The number of hydrogen-bond donors (Lipinski definition) is 0. The van der Waals surface area contributed by atoms with Crippen molar-refractivity contribution in [1.29, 1.82) is 0 Å². The Bertz CT molecular complexity index is 1080. The number of nitrogens with zero attached hydrogens (tertiary/aromatic N) is 3. The number of ether oxygens (including phenoxy) is 5. The Balaban J connectivity index is 1.83. The van der Waals surface area contributed by atoms with Crippen LogP contribution in [0, 0.1) is 0 Å². The zero-order valence-electron chi connectivity index (χ0n) is 21.5. The fraction of sp³-hybridized carbons (Fsp3) is 0.577. The quantitative estimate of drug-likeness (QED) is 0.327. The van der Waals surface area contributed by atoms with E-state index in [-0.39, 0.29) is 0 Å². The maximum atomic E-state index is 5.85. The Morgan fingerprint density at radius 3 is 2.51 bits per heavy atom. The highest BCUT2D eigenvalue weighted by atomic mass is 32.1. The van der Waals surface area contributed by atoms with Crippen LogP contribution in [-0.4, -0.2) is 63.4 Å². The third-order valence-corrected chi connectivity index (χ3v) is 7.33. The number of methoxy groups -OCH3 is 3. The molecular formula is C26H37N3O5S. The minimum Gasteiger partial charge on any atom is -0.496 e. The predicted octanol–water partition coefficient (Wildman–Crippen LogP) is 5.41. The third-order valence-electron chi connectivity index (χ3n) is 6.40. The first-order chi connectivity index (χ1) is 17.2. The van der Waals surface area contributed by atoms with E-state index in [1.54, 1.807) is 32.7 Å². The van der Waals surface area contributed by atoms with Crippen LogP contribution >= 0.6 is 11.3 Å². The van der Waals surface area contributed by atoms with Crippen LogP contribution in [0.3, 0.4) is 0 Å². The van der Waals surface area contributed by atoms with Gasteiger partial charge in [0.05, 0.1) is 51.8 Å². The SMILES string of the molecule is CCCCN(c1c(OC)nn2c(-c3c(OC)cc(COCC)cc3OC)csc12)C1CCCOC1. The third kappa shape index (κ3) is 5.22. The van der Waals surface area contributed by atoms with Crippen LogP contribution in [0.15, 0.2) is 17.5 Å². The van der Waals surface area contributed by atoms with Gasteiger partial charge in [-0.2, -0.15) is 0 Å². The molecule has 0 aliphatic carbocycles. The number of aromatic nitrogens is 2. The molecule has 0 bridgehead atoms. The second-order valence-electron chi connectivity index (χ2n) is 8.63. The van der Waals surface area contributed by atoms with Crippen LogP contribution < -0.4 is 19.1 Å². The Morgan fingerprint density at radius 2 is 1.91 bits per heavy atom. The molecule has 1 fully saturated rings. The van der Waals surface area contributed by atoms with Gasteiger partial charge in [0, 0.05) is 25.1 Å². The number of hydrogen-bond acceptors (Lipinski definition) is 8. The van der Waals surface area contributed by atoms with Crippen molar-refractivity contribution in [3.8, 4) is 28.6 Å². The summed E-state index contributed by atoms with van der Waals surface area (Å²) in [5.74, 6) is 2.07. The molecule has 192 valence electrons. The minimum absolute atomic E-state index is 0.310. The Morgan fingerprint density at radius 1 is 1.14 bits per heavy atom. The van der Waals surface area contributed by atoms with Crippen LogP contribution in [0.5, 0.6) is 17.4 Å². The lowest BCUT2D eigenvalue weighted by Crippen LogP contribution is -2.42. The smallest absolute Gasteiger partial charge is 0.258 e. The number of anilines is 1. The Hall–Kier alpha value is -2.49. The van der Waals surface area contributed by atoms with Crippen molar-refractivity contribution in [3.05, 3.63) is 23.1 Å². The maximum Gasteiger partial charge on any atom is 0.258 e. The summed E-state index contributed by atoms with van der Waals surface area (Å²) >= 11 is 1.66. The second kappa shape index (κ2) is 12.0. The van der Waals surface area contributed by atoms with E-state index in [1.807, 2.05) is 23.6 Å². The lowest BCUT2D eigenvalue weighted by Gasteiger charge is -2.35. The van der Waals surface area contributed by atoms with Gasteiger partial charge in [-0.05, 0) is 43.9 Å². The number of benzene rings is 1. The van der Waals surface area contributed by atoms with Gasteiger partial charge in [0.25, 0.3) is 5.88 Å². The number of thiazole rings is 1. The lowest BCUT2D eigenvalue weighted by molar-refractivity contribution is 0.0791. The molecule has 9 heteroatoms. The summed E-state index contributed by atoms with van der Waals surface area (Å²) in [4.78, 5) is 3.49. The van der Waals surface area contributed by atoms with Crippen molar-refractivity contribution >= 4 is 21.9 Å². The van der Waals surface area contributed by atoms with E-state index in [0.717, 1.165) is 84.3 Å². The molecule has 1 aliphatic rings. The molecule has 1 unspecified atom stereocenters. The van der Waals surface area contributed by atoms with Gasteiger partial charge >= 0.3 is 0 Å². The largest absolute Gasteiger partial charge is 0.496 e. The van der Waals surface area contributed by atoms with E-state index in [2.05, 4.69) is 17.2 Å². The molecule has 2 aromatic heterocycles. The number of rotatable bonds is 12. The molecule has 0 spiro atoms. The summed E-state index contributed by atoms with van der Waals surface area (Å²) < 4.78 is 30.9. The molecule has 1 aromatic carbocycles. The van der Waals surface area contributed by atoms with Crippen LogP contribution in [0.4, 0.5) is 5.69 Å². The van der Waals surface area contributed by atoms with Crippen molar-refractivity contribution < 1.29 is 23.7 Å². The van der Waals surface area contributed by atoms with Gasteiger partial charge in [-0.25, -0.2) is 4.52 Å². The summed E-state index contributed by atoms with van der Waals surface area (Å²) in [6, 6.07) is 4.32. The van der Waals surface area contributed by atoms with E-state index in [1.165, 1.54) is 0 Å². The van der Waals surface area contributed by atoms with Gasteiger partial charge in [-0.3, -0.25) is 0 Å². The lowest BCUT2D eigenvalue weighted by atomic mass is 10.1. The Kier molecular flexibility index (Phi) is 8.75. The summed E-state index contributed by atoms with van der Waals surface area (Å²) in [5, 5.41) is 7.02. The van der Waals surface area contributed by atoms with Crippen LogP contribution in [0.1, 0.15) is 45.1 Å². The fourth-order valence-corrected chi connectivity index (χ4v) is 5.65. The molecule has 8 nitrogen and oxygen atoms in total. The van der Waals surface area contributed by atoms with Gasteiger partial charge in [0.15, 0.2) is 0 Å². The topological polar surface area (TPSA) is 66.7 Å². The van der Waals surface area contributed by atoms with Gasteiger partial charge in [0.2, 0.25) is 0 Å². The van der Waals surface area contributed by atoms with Crippen molar-refractivity contribution in [2.45, 2.75) is 52.2 Å². The highest BCUT2D eigenvalue weighted by Crippen LogP contribution is 2.45. The molecule has 0 N–H and O–H groups in total. The molecule has 35 heavy (non-hydrogen) atoms. The van der Waals surface area contributed by atoms with Gasteiger partial charge in [0.1, 0.15) is 22.0 Å². The molecule has 0 amide bonds. The van der Waals surface area contributed by atoms with E-state index in [9.17, 15) is 0 Å². The van der Waals surface area contributed by atoms with Gasteiger partial charge in [-0.15, -0.1) is 16.4 Å². The molecule has 3 aromatic rings. The zero-order valence-corrected chi connectivity index (χ0v) is 22.3. The minimum atomic E-state index is 0.310. The molecule has 1 aliphatic heterocycles. The fourth-order valence-electron chi connectivity index (χ4n) is 4.65. The first-order valence-corrected chi connectivity index (χ1v) is 13.3. The molecule has 3 heterocycles. The van der Waals surface area contributed by atoms with Crippen LogP contribution in [-0.2, 0) is 16.1 Å². The van der Waals surface area contributed by atoms with E-state index < -0.39 is 0 Å². The summed E-state index contributed by atoms with van der Waals surface area (Å²) in [5.41, 5.74) is 3.80. The first-order valence-electron chi connectivity index (χ1n) is 12.4. The summed E-state index contributed by atoms with van der Waals surface area (Å²) in [6.07, 6.45) is 4.39. The summed E-state index contributed by atoms with van der Waals surface area (Å²) in [6.45, 7) is 7.85. The zero-order chi connectivity index (χ0) is 24.8. The molecule has 0 radical (unpaired) electrons. The molecule has 0 saturated carbocycles. The Labute approximate surface area is 211 Å². The maximum absolute atomic E-state index is 5.85. The summed E-state index contributed by atoms with van der Waals surface area (Å²) in [7, 11) is 5.04. The van der Waals surface area contributed by atoms with Crippen LogP contribution in [0.2, 0.25) is 0 Å². The van der Waals surface area contributed by atoms with Crippen LogP contribution in [0.25, 0.3) is 16.1 Å². The highest BCUT2D eigenvalue weighted by Gasteiger charge is 2.30. The molecule has 1 atom stereocenters. The van der Waals surface area contributed by atoms with E-state index in [0.29, 0.717) is 25.1 Å². The molecule has 4 rings (SSSR count). The van der Waals surface area contributed by atoms with Crippen molar-refractivity contribution in [3.63, 3.8) is 0 Å². The molecular weight excluding hydrogens is 466 g/mol. The monoisotopic (exact) mass is 503 g/mol. The van der Waals surface area contributed by atoms with Gasteiger partial charge in [-0.1, -0.05) is 13.3 Å². The average Bonchev–Trinajstić information content (AvgIpc) is 3.47. The van der Waals surface area contributed by atoms with E-state index >= 15 is 0 Å². The normalized spacial score (nSPS) is 16.0. The van der Waals surface area contributed by atoms with Crippen molar-refractivity contribution in [1.82, 2.24) is 9.61 Å². The van der Waals surface area contributed by atoms with E-state index in [4.69, 9.17) is 28.8 Å². The molecule has 1 saturated heterocycles. The van der Waals surface area contributed by atoms with Crippen molar-refractivity contribution in [2.24, 2.45) is 0 Å². The number of unbranched alkanes of at least 4 members (excludes halogenated alkanes) is 1. The number of fused-ring (bicyclic) bond motifs is 1. The predicted molar refractivity (Wildman–Crippen MR) is 140 cm³/mol. The standard InChI is InChI=1S/C26H37N3O5S/c1-6-8-11-28(19-10-9-12-34-16-19)24-25(32-5)27-29-20(17-35-26(24)29)23-21(30-3)13-18(15-33-7-2)14-22(23)31-4/h13-14,17,19H,6-12,15-16H2,1-5H3. The first kappa shape index (κ1) is 25.6. The van der Waals surface area contributed by atoms with Gasteiger partial charge < -0.3 is 28.6 Å². The highest BCUT2D eigenvalue weighted by molar-refractivity contribution is 7.16. The average molecular weight is 504 g/mol.